The fourth-order valence-corrected chi connectivity index (χ4v) is 0.871. The lowest BCUT2D eigenvalue weighted by atomic mass is 9.97. The minimum absolute atomic E-state index is 0.0348. The molecule has 2 amide bonds. The Balaban J connectivity index is 3.90. The fraction of sp³-hybridized carbons (Fsp3) is 0.727. The summed E-state index contributed by atoms with van der Waals surface area (Å²) in [4.78, 5) is 11.3. The molecule has 0 spiro atoms. The molecule has 0 aromatic rings. The number of allylic oxidation sites excluding steroid dienone is 1. The summed E-state index contributed by atoms with van der Waals surface area (Å²) in [6.45, 7) is 8.02. The van der Waals surface area contributed by atoms with E-state index in [1.54, 1.807) is 6.20 Å². The second-order valence-electron chi connectivity index (χ2n) is 4.60. The molecule has 0 aliphatic heterocycles. The average Bonchev–Trinajstić information content (AvgIpc) is 2.12. The van der Waals surface area contributed by atoms with E-state index in [2.05, 4.69) is 10.6 Å². The molecule has 0 aromatic carbocycles. The minimum atomic E-state index is -0.281. The Bertz CT molecular complexity index is 215. The van der Waals surface area contributed by atoms with Crippen LogP contribution in [-0.2, 0) is 0 Å². The summed E-state index contributed by atoms with van der Waals surface area (Å²) in [6.07, 6.45) is 4.25. The Morgan fingerprint density at radius 2 is 2.07 bits per heavy atom. The molecule has 1 unspecified atom stereocenters. The van der Waals surface area contributed by atoms with E-state index < -0.39 is 0 Å². The number of amides is 2. The zero-order valence-electron chi connectivity index (χ0n) is 10.0. The fourth-order valence-electron chi connectivity index (χ4n) is 0.871. The van der Waals surface area contributed by atoms with Crippen molar-refractivity contribution in [3.63, 3.8) is 0 Å². The third-order valence-corrected chi connectivity index (χ3v) is 1.85. The predicted octanol–water partition coefficient (Wildman–Crippen LogP) is 1.62. The second-order valence-corrected chi connectivity index (χ2v) is 4.60. The molecule has 0 aliphatic carbocycles. The molecule has 0 aliphatic rings. The Morgan fingerprint density at radius 1 is 1.47 bits per heavy atom. The Hall–Kier alpha value is -1.03. The first kappa shape index (κ1) is 14.0. The van der Waals surface area contributed by atoms with Gasteiger partial charge in [-0.05, 0) is 11.8 Å². The molecule has 0 radical (unpaired) electrons. The highest BCUT2D eigenvalue weighted by molar-refractivity contribution is 5.75. The molecular weight excluding hydrogens is 192 g/mol. The van der Waals surface area contributed by atoms with Crippen molar-refractivity contribution in [3.8, 4) is 0 Å². The van der Waals surface area contributed by atoms with Crippen molar-refractivity contribution in [2.24, 2.45) is 5.41 Å². The van der Waals surface area contributed by atoms with Crippen LogP contribution in [0.5, 0.6) is 0 Å². The van der Waals surface area contributed by atoms with Crippen molar-refractivity contribution >= 4 is 6.03 Å². The average molecular weight is 214 g/mol. The van der Waals surface area contributed by atoms with Gasteiger partial charge in [-0.1, -0.05) is 33.8 Å². The molecule has 88 valence electrons. The van der Waals surface area contributed by atoms with Crippen molar-refractivity contribution in [3.05, 3.63) is 12.3 Å². The van der Waals surface area contributed by atoms with Gasteiger partial charge in [0.1, 0.15) is 0 Å². The van der Waals surface area contributed by atoms with Crippen molar-refractivity contribution in [2.75, 3.05) is 6.61 Å². The Morgan fingerprint density at radius 3 is 2.47 bits per heavy atom. The Kier molecular flexibility index (Phi) is 6.01. The van der Waals surface area contributed by atoms with E-state index in [-0.39, 0.29) is 24.1 Å². The highest BCUT2D eigenvalue weighted by Gasteiger charge is 2.08. The Labute approximate surface area is 91.8 Å². The topological polar surface area (TPSA) is 61.4 Å². The summed E-state index contributed by atoms with van der Waals surface area (Å²) in [7, 11) is 0. The van der Waals surface area contributed by atoms with Crippen LogP contribution in [0.25, 0.3) is 0 Å². The van der Waals surface area contributed by atoms with Crippen molar-refractivity contribution < 1.29 is 9.90 Å². The first-order chi connectivity index (χ1) is 6.89. The molecule has 0 aromatic heterocycles. The number of hydrogen-bond donors (Lipinski definition) is 3. The van der Waals surface area contributed by atoms with Gasteiger partial charge in [0.25, 0.3) is 0 Å². The molecule has 0 fully saturated rings. The third-order valence-electron chi connectivity index (χ3n) is 1.85. The maximum absolute atomic E-state index is 11.3. The molecule has 0 bridgehead atoms. The number of rotatable bonds is 4. The molecular formula is C11H22N2O2. The first-order valence-corrected chi connectivity index (χ1v) is 5.24. The maximum Gasteiger partial charge on any atom is 0.319 e. The van der Waals surface area contributed by atoms with Crippen LogP contribution in [0.1, 0.15) is 34.1 Å². The monoisotopic (exact) mass is 214 g/mol. The molecule has 15 heavy (non-hydrogen) atoms. The SMILES string of the molecule is CCC(CO)NC(=O)N/C=C/C(C)(C)C. The number of hydrogen-bond acceptors (Lipinski definition) is 2. The van der Waals surface area contributed by atoms with Crippen LogP contribution in [0.4, 0.5) is 4.79 Å². The highest BCUT2D eigenvalue weighted by Crippen LogP contribution is 2.13. The number of urea groups is 1. The van der Waals surface area contributed by atoms with Gasteiger partial charge in [0, 0.05) is 6.20 Å². The summed E-state index contributed by atoms with van der Waals surface area (Å²) < 4.78 is 0. The van der Waals surface area contributed by atoms with E-state index in [1.807, 2.05) is 33.8 Å². The first-order valence-electron chi connectivity index (χ1n) is 5.24. The van der Waals surface area contributed by atoms with E-state index in [9.17, 15) is 4.79 Å². The zero-order chi connectivity index (χ0) is 11.9. The highest BCUT2D eigenvalue weighted by atomic mass is 16.3. The van der Waals surface area contributed by atoms with Crippen LogP contribution in [0.3, 0.4) is 0 Å². The van der Waals surface area contributed by atoms with Gasteiger partial charge in [-0.25, -0.2) is 4.79 Å². The van der Waals surface area contributed by atoms with Crippen molar-refractivity contribution in [1.29, 1.82) is 0 Å². The van der Waals surface area contributed by atoms with Crippen LogP contribution in [0.2, 0.25) is 0 Å². The van der Waals surface area contributed by atoms with Gasteiger partial charge in [0.15, 0.2) is 0 Å². The zero-order valence-corrected chi connectivity index (χ0v) is 10.0. The van der Waals surface area contributed by atoms with Gasteiger partial charge in [-0.2, -0.15) is 0 Å². The van der Waals surface area contributed by atoms with E-state index in [4.69, 9.17) is 5.11 Å². The lowest BCUT2D eigenvalue weighted by Crippen LogP contribution is -2.41. The number of carbonyl (C=O) groups excluding carboxylic acids is 1. The number of aliphatic hydroxyl groups excluding tert-OH is 1. The van der Waals surface area contributed by atoms with Crippen molar-refractivity contribution in [1.82, 2.24) is 10.6 Å². The standard InChI is InChI=1S/C11H22N2O2/c1-5-9(8-14)13-10(15)12-7-6-11(2,3)4/h6-7,9,14H,5,8H2,1-4H3,(H2,12,13,15)/b7-6+. The van der Waals surface area contributed by atoms with Gasteiger partial charge in [0.05, 0.1) is 12.6 Å². The van der Waals surface area contributed by atoms with Crippen LogP contribution in [0, 0.1) is 5.41 Å². The molecule has 4 nitrogen and oxygen atoms in total. The van der Waals surface area contributed by atoms with Crippen LogP contribution in [-0.4, -0.2) is 23.8 Å². The van der Waals surface area contributed by atoms with Gasteiger partial charge in [-0.3, -0.25) is 0 Å². The molecule has 4 heteroatoms. The lowest BCUT2D eigenvalue weighted by molar-refractivity contribution is 0.217. The van der Waals surface area contributed by atoms with Crippen LogP contribution >= 0.6 is 0 Å². The summed E-state index contributed by atoms with van der Waals surface area (Å²) in [5.41, 5.74) is 0.0500. The van der Waals surface area contributed by atoms with E-state index >= 15 is 0 Å². The van der Waals surface area contributed by atoms with Gasteiger partial charge < -0.3 is 15.7 Å². The molecule has 1 atom stereocenters. The van der Waals surface area contributed by atoms with Crippen LogP contribution < -0.4 is 10.6 Å². The number of aliphatic hydroxyl groups is 1. The lowest BCUT2D eigenvalue weighted by Gasteiger charge is -2.14. The normalized spacial score (nSPS) is 13.9. The predicted molar refractivity (Wildman–Crippen MR) is 61.4 cm³/mol. The summed E-state index contributed by atoms with van der Waals surface area (Å²) in [6, 6.07) is -0.454. The molecule has 0 saturated carbocycles. The summed E-state index contributed by atoms with van der Waals surface area (Å²) in [5.74, 6) is 0. The van der Waals surface area contributed by atoms with E-state index in [1.165, 1.54) is 0 Å². The number of carbonyl (C=O) groups is 1. The van der Waals surface area contributed by atoms with Gasteiger partial charge in [0.2, 0.25) is 0 Å². The molecule has 3 N–H and O–H groups in total. The summed E-state index contributed by atoms with van der Waals surface area (Å²) >= 11 is 0. The maximum atomic E-state index is 11.3. The molecule has 0 heterocycles. The van der Waals surface area contributed by atoms with E-state index in [0.29, 0.717) is 6.42 Å². The van der Waals surface area contributed by atoms with Crippen molar-refractivity contribution in [2.45, 2.75) is 40.2 Å². The van der Waals surface area contributed by atoms with E-state index in [0.717, 1.165) is 0 Å². The largest absolute Gasteiger partial charge is 0.394 e. The van der Waals surface area contributed by atoms with Gasteiger partial charge in [-0.15, -0.1) is 0 Å². The van der Waals surface area contributed by atoms with Gasteiger partial charge >= 0.3 is 6.03 Å². The second kappa shape index (κ2) is 6.45. The summed E-state index contributed by atoms with van der Waals surface area (Å²) in [5, 5.41) is 14.1. The minimum Gasteiger partial charge on any atom is -0.394 e. The van der Waals surface area contributed by atoms with Crippen LogP contribution in [0.15, 0.2) is 12.3 Å². The molecule has 0 rings (SSSR count). The quantitative estimate of drug-likeness (QED) is 0.666. The third kappa shape index (κ3) is 8.00. The number of nitrogens with one attached hydrogen (secondary N) is 2. The smallest absolute Gasteiger partial charge is 0.319 e. The molecule has 0 saturated heterocycles.